The van der Waals surface area contributed by atoms with E-state index in [1.807, 2.05) is 19.2 Å². The van der Waals surface area contributed by atoms with Crippen LogP contribution in [0.3, 0.4) is 0 Å². The van der Waals surface area contributed by atoms with Crippen molar-refractivity contribution in [3.05, 3.63) is 66.5 Å². The minimum atomic E-state index is 0.965. The van der Waals surface area contributed by atoms with Crippen LogP contribution < -0.4 is 0 Å². The molecule has 0 aromatic carbocycles. The topological polar surface area (TPSA) is 12.9 Å². The summed E-state index contributed by atoms with van der Waals surface area (Å²) in [5.41, 5.74) is 4.37. The third-order valence-electron chi connectivity index (χ3n) is 2.52. The number of aromatic nitrogens is 1. The van der Waals surface area contributed by atoms with Crippen molar-refractivity contribution < 1.29 is 0 Å². The molecule has 80 valence electrons. The van der Waals surface area contributed by atoms with Crippen LogP contribution in [0.4, 0.5) is 0 Å². The van der Waals surface area contributed by atoms with Crippen LogP contribution >= 0.6 is 0 Å². The van der Waals surface area contributed by atoms with Crippen molar-refractivity contribution >= 4 is 11.1 Å². The normalized spacial score (nSPS) is 14.4. The fraction of sp³-hybridized carbons (Fsp3) is 0.133. The summed E-state index contributed by atoms with van der Waals surface area (Å²) in [4.78, 5) is 4.39. The lowest BCUT2D eigenvalue weighted by molar-refractivity contribution is 1.25. The monoisotopic (exact) mass is 209 g/mol. The molecule has 0 atom stereocenters. The van der Waals surface area contributed by atoms with Crippen molar-refractivity contribution in [2.45, 2.75) is 13.3 Å². The second kappa shape index (κ2) is 4.75. The van der Waals surface area contributed by atoms with E-state index in [1.165, 1.54) is 5.57 Å². The maximum atomic E-state index is 4.39. The predicted molar refractivity (Wildman–Crippen MR) is 69.8 cm³/mol. The Hall–Kier alpha value is -1.89. The molecule has 1 nitrogen and oxygen atoms in total. The van der Waals surface area contributed by atoms with Gasteiger partial charge in [0.15, 0.2) is 0 Å². The van der Waals surface area contributed by atoms with Gasteiger partial charge in [-0.05, 0) is 30.6 Å². The molecule has 0 saturated carbocycles. The molecular formula is C15H15N. The molecule has 1 aliphatic carbocycles. The molecular weight excluding hydrogens is 194 g/mol. The van der Waals surface area contributed by atoms with Crippen LogP contribution in [0.25, 0.3) is 11.1 Å². The number of allylic oxidation sites excluding steroid dienone is 7. The van der Waals surface area contributed by atoms with Gasteiger partial charge in [-0.25, -0.2) is 0 Å². The molecule has 0 aliphatic heterocycles. The van der Waals surface area contributed by atoms with Gasteiger partial charge in [-0.2, -0.15) is 0 Å². The molecule has 1 aliphatic rings. The summed E-state index contributed by atoms with van der Waals surface area (Å²) >= 11 is 0. The Labute approximate surface area is 96.5 Å². The van der Waals surface area contributed by atoms with E-state index in [2.05, 4.69) is 48.0 Å². The quantitative estimate of drug-likeness (QED) is 0.717. The molecule has 0 N–H and O–H groups in total. The molecule has 0 spiro atoms. The summed E-state index contributed by atoms with van der Waals surface area (Å²) in [7, 11) is 0. The maximum absolute atomic E-state index is 4.39. The van der Waals surface area contributed by atoms with Gasteiger partial charge >= 0.3 is 0 Å². The molecule has 1 heteroatoms. The number of hydrogen-bond acceptors (Lipinski definition) is 1. The largest absolute Gasteiger partial charge is 0.256 e. The molecule has 16 heavy (non-hydrogen) atoms. The van der Waals surface area contributed by atoms with Gasteiger partial charge in [-0.1, -0.05) is 43.0 Å². The van der Waals surface area contributed by atoms with E-state index in [0.29, 0.717) is 0 Å². The van der Waals surface area contributed by atoms with Crippen molar-refractivity contribution in [3.8, 4) is 0 Å². The summed E-state index contributed by atoms with van der Waals surface area (Å²) in [6.07, 6.45) is 13.4. The molecule has 0 saturated heterocycles. The summed E-state index contributed by atoms with van der Waals surface area (Å²) in [5.74, 6) is 0. The predicted octanol–water partition coefficient (Wildman–Crippen LogP) is 4.01. The van der Waals surface area contributed by atoms with E-state index in [1.54, 1.807) is 0 Å². The van der Waals surface area contributed by atoms with Crippen LogP contribution in [0.1, 0.15) is 24.6 Å². The van der Waals surface area contributed by atoms with Gasteiger partial charge in [0, 0.05) is 11.8 Å². The fourth-order valence-electron chi connectivity index (χ4n) is 1.76. The first kappa shape index (κ1) is 10.6. The van der Waals surface area contributed by atoms with E-state index in [0.717, 1.165) is 23.3 Å². The Morgan fingerprint density at radius 2 is 2.25 bits per heavy atom. The van der Waals surface area contributed by atoms with Crippen molar-refractivity contribution in [1.82, 2.24) is 4.98 Å². The van der Waals surface area contributed by atoms with E-state index >= 15 is 0 Å². The van der Waals surface area contributed by atoms with Gasteiger partial charge in [0.25, 0.3) is 0 Å². The molecule has 0 unspecified atom stereocenters. The van der Waals surface area contributed by atoms with Crippen LogP contribution in [0.15, 0.2) is 55.3 Å². The average molecular weight is 209 g/mol. The molecule has 2 rings (SSSR count). The summed E-state index contributed by atoms with van der Waals surface area (Å²) in [6, 6.07) is 4.06. The minimum Gasteiger partial charge on any atom is -0.256 e. The van der Waals surface area contributed by atoms with Crippen LogP contribution in [0.5, 0.6) is 0 Å². The summed E-state index contributed by atoms with van der Waals surface area (Å²) < 4.78 is 0. The van der Waals surface area contributed by atoms with Crippen LogP contribution in [0.2, 0.25) is 0 Å². The Morgan fingerprint density at radius 3 is 3.06 bits per heavy atom. The summed E-state index contributed by atoms with van der Waals surface area (Å²) in [5, 5.41) is 0. The second-order valence-corrected chi connectivity index (χ2v) is 3.86. The third-order valence-corrected chi connectivity index (χ3v) is 2.52. The summed E-state index contributed by atoms with van der Waals surface area (Å²) in [6.45, 7) is 5.97. The third kappa shape index (κ3) is 2.19. The lowest BCUT2D eigenvalue weighted by Gasteiger charge is -2.08. The van der Waals surface area contributed by atoms with Gasteiger partial charge in [0.2, 0.25) is 0 Å². The number of nitrogens with zero attached hydrogens (tertiary/aromatic N) is 1. The average Bonchev–Trinajstić information content (AvgIpc) is 2.57. The van der Waals surface area contributed by atoms with E-state index in [-0.39, 0.29) is 0 Å². The maximum Gasteiger partial charge on any atom is 0.0731 e. The van der Waals surface area contributed by atoms with Crippen molar-refractivity contribution in [3.63, 3.8) is 0 Å². The van der Waals surface area contributed by atoms with Gasteiger partial charge in [0.05, 0.1) is 5.69 Å². The molecule has 1 heterocycles. The lowest BCUT2D eigenvalue weighted by Crippen LogP contribution is -1.93. The molecule has 0 radical (unpaired) electrons. The standard InChI is InChI=1S/C15H15N/c1-12(2)15-14(10-7-11-16-15)13-8-5-3-4-6-9-13/h3-5,7-11H,1,6H2,2H3. The Bertz CT molecular complexity index is 490. The SMILES string of the molecule is C=C(C)c1ncccc1C1=CCC=CC=C1. The van der Waals surface area contributed by atoms with Crippen LogP contribution in [-0.2, 0) is 0 Å². The van der Waals surface area contributed by atoms with Crippen LogP contribution in [-0.4, -0.2) is 4.98 Å². The zero-order valence-corrected chi connectivity index (χ0v) is 9.48. The second-order valence-electron chi connectivity index (χ2n) is 3.86. The van der Waals surface area contributed by atoms with E-state index < -0.39 is 0 Å². The highest BCUT2D eigenvalue weighted by Gasteiger charge is 2.06. The lowest BCUT2D eigenvalue weighted by atomic mass is 10.00. The highest BCUT2D eigenvalue weighted by molar-refractivity contribution is 5.81. The van der Waals surface area contributed by atoms with Crippen LogP contribution in [0, 0.1) is 0 Å². The van der Waals surface area contributed by atoms with Crippen molar-refractivity contribution in [2.75, 3.05) is 0 Å². The molecule has 0 bridgehead atoms. The van der Waals surface area contributed by atoms with Crippen molar-refractivity contribution in [1.29, 1.82) is 0 Å². The molecule has 1 aromatic rings. The van der Waals surface area contributed by atoms with E-state index in [4.69, 9.17) is 0 Å². The van der Waals surface area contributed by atoms with E-state index in [9.17, 15) is 0 Å². The highest BCUT2D eigenvalue weighted by Crippen LogP contribution is 2.24. The van der Waals surface area contributed by atoms with Crippen molar-refractivity contribution in [2.24, 2.45) is 0 Å². The van der Waals surface area contributed by atoms with Gasteiger partial charge < -0.3 is 0 Å². The Kier molecular flexibility index (Phi) is 3.16. The first-order valence-corrected chi connectivity index (χ1v) is 5.43. The first-order chi connectivity index (χ1) is 7.79. The zero-order chi connectivity index (χ0) is 11.4. The molecule has 0 fully saturated rings. The molecule has 0 amide bonds. The number of rotatable bonds is 2. The van der Waals surface area contributed by atoms with Gasteiger partial charge in [-0.15, -0.1) is 0 Å². The number of hydrogen-bond donors (Lipinski definition) is 0. The van der Waals surface area contributed by atoms with Gasteiger partial charge in [-0.3, -0.25) is 4.98 Å². The fourth-order valence-corrected chi connectivity index (χ4v) is 1.76. The molecule has 1 aromatic heterocycles. The minimum absolute atomic E-state index is 0.965. The van der Waals surface area contributed by atoms with Gasteiger partial charge in [0.1, 0.15) is 0 Å². The highest BCUT2D eigenvalue weighted by atomic mass is 14.7. The number of pyridine rings is 1. The zero-order valence-electron chi connectivity index (χ0n) is 9.48. The Morgan fingerprint density at radius 1 is 1.38 bits per heavy atom. The first-order valence-electron chi connectivity index (χ1n) is 5.43. The smallest absolute Gasteiger partial charge is 0.0731 e. The Balaban J connectivity index is 2.48.